The van der Waals surface area contributed by atoms with E-state index in [2.05, 4.69) is 15.9 Å². The summed E-state index contributed by atoms with van der Waals surface area (Å²) in [5, 5.41) is 8.75. The summed E-state index contributed by atoms with van der Waals surface area (Å²) in [7, 11) is 0. The second kappa shape index (κ2) is 5.44. The van der Waals surface area contributed by atoms with Gasteiger partial charge in [-0.15, -0.1) is 0 Å². The molecule has 19 heavy (non-hydrogen) atoms. The van der Waals surface area contributed by atoms with Gasteiger partial charge in [0.25, 0.3) is 0 Å². The molecule has 1 heterocycles. The molecule has 4 nitrogen and oxygen atoms in total. The van der Waals surface area contributed by atoms with Crippen LogP contribution in [-0.4, -0.2) is 11.1 Å². The number of carboxylic acids is 1. The van der Waals surface area contributed by atoms with Crippen molar-refractivity contribution in [2.24, 2.45) is 0 Å². The van der Waals surface area contributed by atoms with Crippen molar-refractivity contribution in [2.75, 3.05) is 0 Å². The van der Waals surface area contributed by atoms with Crippen LogP contribution in [0.5, 0.6) is 5.75 Å². The summed E-state index contributed by atoms with van der Waals surface area (Å²) in [4.78, 5) is 10.7. The van der Waals surface area contributed by atoms with Crippen LogP contribution in [0, 0.1) is 5.82 Å². The van der Waals surface area contributed by atoms with Gasteiger partial charge in [-0.25, -0.2) is 9.18 Å². The molecule has 1 N–H and O–H groups in total. The molecule has 0 amide bonds. The van der Waals surface area contributed by atoms with Crippen molar-refractivity contribution in [2.45, 2.75) is 13.0 Å². The predicted molar refractivity (Wildman–Crippen MR) is 68.8 cm³/mol. The Morgan fingerprint density at radius 3 is 2.74 bits per heavy atom. The van der Waals surface area contributed by atoms with Gasteiger partial charge in [-0.1, -0.05) is 15.9 Å². The van der Waals surface area contributed by atoms with Gasteiger partial charge in [0.05, 0.1) is 0 Å². The second-order valence-corrected chi connectivity index (χ2v) is 4.79. The van der Waals surface area contributed by atoms with Crippen LogP contribution in [0.15, 0.2) is 39.2 Å². The van der Waals surface area contributed by atoms with Crippen molar-refractivity contribution in [3.05, 3.63) is 52.1 Å². The maximum Gasteiger partial charge on any atom is 0.371 e. The molecule has 1 unspecified atom stereocenters. The molecule has 6 heteroatoms. The van der Waals surface area contributed by atoms with Crippen LogP contribution in [0.1, 0.15) is 29.3 Å². The maximum atomic E-state index is 13.2. The lowest BCUT2D eigenvalue weighted by Gasteiger charge is -2.12. The van der Waals surface area contributed by atoms with E-state index < -0.39 is 17.9 Å². The highest BCUT2D eigenvalue weighted by atomic mass is 79.9. The number of aromatic carboxylic acids is 1. The van der Waals surface area contributed by atoms with E-state index in [9.17, 15) is 9.18 Å². The Balaban J connectivity index is 2.15. The molecule has 0 saturated carbocycles. The van der Waals surface area contributed by atoms with Crippen LogP contribution in [0.4, 0.5) is 4.39 Å². The van der Waals surface area contributed by atoms with E-state index in [0.29, 0.717) is 16.0 Å². The van der Waals surface area contributed by atoms with E-state index >= 15 is 0 Å². The van der Waals surface area contributed by atoms with Gasteiger partial charge in [0.1, 0.15) is 17.3 Å². The number of furan rings is 1. The third kappa shape index (κ3) is 3.35. The summed E-state index contributed by atoms with van der Waals surface area (Å²) in [6, 6.07) is 7.03. The Hall–Kier alpha value is -1.82. The summed E-state index contributed by atoms with van der Waals surface area (Å²) in [5.41, 5.74) is 0. The molecule has 100 valence electrons. The van der Waals surface area contributed by atoms with Crippen LogP contribution in [0.3, 0.4) is 0 Å². The van der Waals surface area contributed by atoms with E-state index in [0.717, 1.165) is 0 Å². The summed E-state index contributed by atoms with van der Waals surface area (Å²) >= 11 is 3.16. The van der Waals surface area contributed by atoms with Crippen LogP contribution < -0.4 is 4.74 Å². The van der Waals surface area contributed by atoms with E-state index in [-0.39, 0.29) is 5.76 Å². The average Bonchev–Trinajstić information content (AvgIpc) is 2.76. The Kier molecular flexibility index (Phi) is 3.90. The molecule has 1 aromatic heterocycles. The molecule has 0 bridgehead atoms. The van der Waals surface area contributed by atoms with Gasteiger partial charge in [-0.05, 0) is 31.2 Å². The second-order valence-electron chi connectivity index (χ2n) is 3.87. The smallest absolute Gasteiger partial charge is 0.371 e. The minimum Gasteiger partial charge on any atom is -0.483 e. The highest BCUT2D eigenvalue weighted by Gasteiger charge is 2.16. The van der Waals surface area contributed by atoms with Crippen molar-refractivity contribution in [1.29, 1.82) is 0 Å². The van der Waals surface area contributed by atoms with E-state index in [1.54, 1.807) is 13.0 Å². The number of rotatable bonds is 4. The Bertz CT molecular complexity index is 588. The molecule has 0 aliphatic carbocycles. The molecule has 2 rings (SSSR count). The summed E-state index contributed by atoms with van der Waals surface area (Å²) < 4.78 is 24.3. The summed E-state index contributed by atoms with van der Waals surface area (Å²) in [6.45, 7) is 1.68. The quantitative estimate of drug-likeness (QED) is 0.920. The first-order valence-electron chi connectivity index (χ1n) is 5.41. The number of hydrogen-bond donors (Lipinski definition) is 1. The predicted octanol–water partition coefficient (Wildman–Crippen LogP) is 4.02. The lowest BCUT2D eigenvalue weighted by Crippen LogP contribution is -2.02. The number of ether oxygens (including phenoxy) is 1. The average molecular weight is 329 g/mol. The van der Waals surface area contributed by atoms with Crippen LogP contribution in [0.2, 0.25) is 0 Å². The molecule has 0 aliphatic rings. The van der Waals surface area contributed by atoms with Crippen molar-refractivity contribution in [3.8, 4) is 5.75 Å². The van der Waals surface area contributed by atoms with Crippen LogP contribution in [-0.2, 0) is 0 Å². The molecule has 0 spiro atoms. The van der Waals surface area contributed by atoms with Crippen LogP contribution in [0.25, 0.3) is 0 Å². The largest absolute Gasteiger partial charge is 0.483 e. The summed E-state index contributed by atoms with van der Waals surface area (Å²) in [5.74, 6) is -1.05. The first-order valence-corrected chi connectivity index (χ1v) is 6.21. The van der Waals surface area contributed by atoms with E-state index in [1.807, 2.05) is 0 Å². The SMILES string of the molecule is CC(Oc1cc(F)cc(Br)c1)c1ccc(C(=O)O)o1. The molecule has 1 atom stereocenters. The lowest BCUT2D eigenvalue weighted by atomic mass is 10.3. The van der Waals surface area contributed by atoms with Gasteiger partial charge in [0.15, 0.2) is 6.10 Å². The van der Waals surface area contributed by atoms with Crippen LogP contribution >= 0.6 is 15.9 Å². The summed E-state index contributed by atoms with van der Waals surface area (Å²) in [6.07, 6.45) is -0.526. The molecule has 0 aliphatic heterocycles. The monoisotopic (exact) mass is 328 g/mol. The number of benzene rings is 1. The molecule has 1 aromatic carbocycles. The minimum atomic E-state index is -1.15. The lowest BCUT2D eigenvalue weighted by molar-refractivity contribution is 0.0655. The minimum absolute atomic E-state index is 0.161. The first kappa shape index (κ1) is 13.6. The van der Waals surface area contributed by atoms with Gasteiger partial charge in [-0.2, -0.15) is 0 Å². The highest BCUT2D eigenvalue weighted by Crippen LogP contribution is 2.26. The fraction of sp³-hybridized carbons (Fsp3) is 0.154. The number of hydrogen-bond acceptors (Lipinski definition) is 3. The molecule has 0 radical (unpaired) electrons. The highest BCUT2D eigenvalue weighted by molar-refractivity contribution is 9.10. The zero-order valence-electron chi connectivity index (χ0n) is 9.89. The standard InChI is InChI=1S/C13H10BrFO4/c1-7(11-2-3-12(19-11)13(16)17)18-10-5-8(14)4-9(15)6-10/h2-7H,1H3,(H,16,17). The first-order chi connectivity index (χ1) is 8.95. The van der Waals surface area contributed by atoms with Crippen molar-refractivity contribution < 1.29 is 23.4 Å². The molecule has 2 aromatic rings. The van der Waals surface area contributed by atoms with Crippen molar-refractivity contribution >= 4 is 21.9 Å². The zero-order valence-corrected chi connectivity index (χ0v) is 11.5. The molecule has 0 saturated heterocycles. The van der Waals surface area contributed by atoms with Gasteiger partial charge >= 0.3 is 5.97 Å². The van der Waals surface area contributed by atoms with Gasteiger partial charge in [0, 0.05) is 10.5 Å². The third-order valence-electron chi connectivity index (χ3n) is 2.39. The van der Waals surface area contributed by atoms with Gasteiger partial charge < -0.3 is 14.3 Å². The van der Waals surface area contributed by atoms with Crippen molar-refractivity contribution in [1.82, 2.24) is 0 Å². The molecular weight excluding hydrogens is 319 g/mol. The Morgan fingerprint density at radius 1 is 1.42 bits per heavy atom. The van der Waals surface area contributed by atoms with E-state index in [4.69, 9.17) is 14.3 Å². The fourth-order valence-corrected chi connectivity index (χ4v) is 1.99. The fourth-order valence-electron chi connectivity index (χ4n) is 1.55. The van der Waals surface area contributed by atoms with Gasteiger partial charge in [0.2, 0.25) is 5.76 Å². The molecular formula is C13H10BrFO4. The number of carbonyl (C=O) groups is 1. The van der Waals surface area contributed by atoms with Crippen molar-refractivity contribution in [3.63, 3.8) is 0 Å². The van der Waals surface area contributed by atoms with E-state index in [1.165, 1.54) is 24.3 Å². The normalized spacial score (nSPS) is 12.2. The van der Waals surface area contributed by atoms with Gasteiger partial charge in [-0.3, -0.25) is 0 Å². The maximum absolute atomic E-state index is 13.2. The molecule has 0 fully saturated rings. The number of halogens is 2. The third-order valence-corrected chi connectivity index (χ3v) is 2.85. The Morgan fingerprint density at radius 2 is 2.16 bits per heavy atom. The zero-order chi connectivity index (χ0) is 14.0. The number of carboxylic acid groups (broad SMARTS) is 1. The topological polar surface area (TPSA) is 59.7 Å². The Labute approximate surface area is 116 Å².